The van der Waals surface area contributed by atoms with Crippen molar-refractivity contribution in [3.05, 3.63) is 35.4 Å². The fraction of sp³-hybridized carbons (Fsp3) is 0.600. The van der Waals surface area contributed by atoms with Gasteiger partial charge in [0.25, 0.3) is 0 Å². The van der Waals surface area contributed by atoms with Gasteiger partial charge in [-0.05, 0) is 49.7 Å². The van der Waals surface area contributed by atoms with Crippen LogP contribution < -0.4 is 5.32 Å². The summed E-state index contributed by atoms with van der Waals surface area (Å²) in [7, 11) is 0. The number of fused-ring (bicyclic) bond motifs is 1. The highest BCUT2D eigenvalue weighted by atomic mass is 16.6. The van der Waals surface area contributed by atoms with Crippen molar-refractivity contribution in [1.82, 2.24) is 10.2 Å². The van der Waals surface area contributed by atoms with Crippen LogP contribution in [-0.2, 0) is 14.9 Å². The van der Waals surface area contributed by atoms with Crippen molar-refractivity contribution in [3.8, 4) is 0 Å². The normalized spacial score (nSPS) is 38.6. The molecule has 2 atom stereocenters. The molecule has 1 N–H and O–H groups in total. The van der Waals surface area contributed by atoms with Gasteiger partial charge in [-0.25, -0.2) is 4.79 Å². The Hall–Kier alpha value is -2.04. The van der Waals surface area contributed by atoms with E-state index >= 15 is 0 Å². The summed E-state index contributed by atoms with van der Waals surface area (Å²) in [5.41, 5.74) is 2.91. The molecule has 2 saturated heterocycles. The largest absolute Gasteiger partial charge is 0.447 e. The average molecular weight is 340 g/mol. The van der Waals surface area contributed by atoms with Crippen molar-refractivity contribution in [2.75, 3.05) is 19.7 Å². The summed E-state index contributed by atoms with van der Waals surface area (Å²) in [6, 6.07) is 8.70. The monoisotopic (exact) mass is 340 g/mol. The molecule has 0 aromatic heterocycles. The molecule has 4 fully saturated rings. The minimum absolute atomic E-state index is 0.0479. The second kappa shape index (κ2) is 4.99. The van der Waals surface area contributed by atoms with Crippen LogP contribution in [0.2, 0.25) is 0 Å². The van der Waals surface area contributed by atoms with Crippen molar-refractivity contribution in [3.63, 3.8) is 0 Å². The molecule has 2 aliphatic heterocycles. The molecule has 2 unspecified atom stereocenters. The van der Waals surface area contributed by atoms with Crippen LogP contribution in [0.5, 0.6) is 0 Å². The SMILES string of the molecule is Cc1ccccc1C12CCN(C(=O)[C@H]3C[C@]4(COC(=O)N4)C3)CC1C2. The molecule has 1 aromatic carbocycles. The molecule has 5 nitrogen and oxygen atoms in total. The maximum absolute atomic E-state index is 12.8. The number of carbonyl (C=O) groups is 2. The summed E-state index contributed by atoms with van der Waals surface area (Å²) in [5, 5.41) is 2.87. The first kappa shape index (κ1) is 15.2. The van der Waals surface area contributed by atoms with Crippen molar-refractivity contribution in [2.24, 2.45) is 11.8 Å². The molecule has 2 amide bonds. The maximum Gasteiger partial charge on any atom is 0.407 e. The van der Waals surface area contributed by atoms with E-state index in [1.807, 2.05) is 0 Å². The summed E-state index contributed by atoms with van der Waals surface area (Å²) in [5.74, 6) is 0.929. The highest BCUT2D eigenvalue weighted by Crippen LogP contribution is 2.60. The fourth-order valence-corrected chi connectivity index (χ4v) is 5.44. The number of alkyl carbamates (subject to hydrolysis) is 1. The van der Waals surface area contributed by atoms with E-state index < -0.39 is 0 Å². The number of rotatable bonds is 2. The third kappa shape index (κ3) is 2.21. The molecular formula is C20H24N2O3. The molecule has 2 aliphatic carbocycles. The minimum atomic E-state index is -0.343. The lowest BCUT2D eigenvalue weighted by molar-refractivity contribution is -0.142. The van der Waals surface area contributed by atoms with Gasteiger partial charge >= 0.3 is 6.09 Å². The van der Waals surface area contributed by atoms with E-state index in [9.17, 15) is 9.59 Å². The van der Waals surface area contributed by atoms with Gasteiger partial charge in [0.05, 0.1) is 5.54 Å². The predicted octanol–water partition coefficient (Wildman–Crippen LogP) is 2.37. The highest BCUT2D eigenvalue weighted by Gasteiger charge is 2.60. The lowest BCUT2D eigenvalue weighted by Gasteiger charge is -2.44. The number of hydrogen-bond donors (Lipinski definition) is 1. The van der Waals surface area contributed by atoms with Gasteiger partial charge in [0.1, 0.15) is 6.61 Å². The fourth-order valence-electron chi connectivity index (χ4n) is 5.44. The van der Waals surface area contributed by atoms with Crippen molar-refractivity contribution < 1.29 is 14.3 Å². The Kier molecular flexibility index (Phi) is 3.04. The summed E-state index contributed by atoms with van der Waals surface area (Å²) in [4.78, 5) is 26.2. The second-order valence-electron chi connectivity index (χ2n) is 8.49. The van der Waals surface area contributed by atoms with Gasteiger partial charge in [-0.2, -0.15) is 0 Å². The van der Waals surface area contributed by atoms with Crippen LogP contribution in [0.1, 0.15) is 36.8 Å². The molecule has 0 bridgehead atoms. The zero-order valence-corrected chi connectivity index (χ0v) is 14.6. The van der Waals surface area contributed by atoms with E-state index in [1.54, 1.807) is 0 Å². The summed E-state index contributed by atoms with van der Waals surface area (Å²) in [6.45, 7) is 4.35. The molecule has 132 valence electrons. The topological polar surface area (TPSA) is 58.6 Å². The smallest absolute Gasteiger partial charge is 0.407 e. The zero-order valence-electron chi connectivity index (χ0n) is 14.6. The summed E-state index contributed by atoms with van der Waals surface area (Å²) < 4.78 is 5.01. The maximum atomic E-state index is 12.8. The van der Waals surface area contributed by atoms with Crippen molar-refractivity contribution in [1.29, 1.82) is 0 Å². The van der Waals surface area contributed by atoms with Gasteiger partial charge in [0.2, 0.25) is 5.91 Å². The Bertz CT molecular complexity index is 755. The van der Waals surface area contributed by atoms with E-state index in [0.29, 0.717) is 17.9 Å². The number of amides is 2. The number of hydrogen-bond acceptors (Lipinski definition) is 3. The molecule has 5 heteroatoms. The second-order valence-corrected chi connectivity index (χ2v) is 8.49. The van der Waals surface area contributed by atoms with E-state index in [-0.39, 0.29) is 23.5 Å². The average Bonchev–Trinajstić information content (AvgIpc) is 3.18. The highest BCUT2D eigenvalue weighted by molar-refractivity contribution is 5.82. The third-order valence-corrected chi connectivity index (χ3v) is 6.96. The Morgan fingerprint density at radius 3 is 2.76 bits per heavy atom. The number of cyclic esters (lactones) is 1. The molecule has 4 aliphatic rings. The lowest BCUT2D eigenvalue weighted by Crippen LogP contribution is -2.59. The van der Waals surface area contributed by atoms with Crippen LogP contribution in [0, 0.1) is 18.8 Å². The number of nitrogens with one attached hydrogen (secondary N) is 1. The van der Waals surface area contributed by atoms with Crippen LogP contribution in [0.25, 0.3) is 0 Å². The van der Waals surface area contributed by atoms with Gasteiger partial charge in [-0.1, -0.05) is 24.3 Å². The molecular weight excluding hydrogens is 316 g/mol. The first-order valence-corrected chi connectivity index (χ1v) is 9.31. The van der Waals surface area contributed by atoms with Crippen LogP contribution in [0.3, 0.4) is 0 Å². The number of aryl methyl sites for hydroxylation is 1. The minimum Gasteiger partial charge on any atom is -0.447 e. The molecule has 2 heterocycles. The van der Waals surface area contributed by atoms with Crippen molar-refractivity contribution >= 4 is 12.0 Å². The Morgan fingerprint density at radius 2 is 2.08 bits per heavy atom. The van der Waals surface area contributed by atoms with Gasteiger partial charge in [-0.3, -0.25) is 4.79 Å². The lowest BCUT2D eigenvalue weighted by atomic mass is 9.68. The van der Waals surface area contributed by atoms with Gasteiger partial charge in [0, 0.05) is 24.4 Å². The molecule has 1 aromatic rings. The zero-order chi connectivity index (χ0) is 17.2. The number of benzene rings is 1. The van der Waals surface area contributed by atoms with Crippen LogP contribution >= 0.6 is 0 Å². The Balaban J connectivity index is 1.23. The van der Waals surface area contributed by atoms with Crippen LogP contribution in [0.4, 0.5) is 4.79 Å². The van der Waals surface area contributed by atoms with Crippen LogP contribution in [0.15, 0.2) is 24.3 Å². The standard InChI is InChI=1S/C20H24N2O3/c1-13-4-2-3-5-16(13)20-6-7-22(11-15(20)10-20)17(23)14-8-19(9-14)12-25-18(24)21-19/h2-5,14-15H,6-12H2,1H3,(H,21,24)/t14-,15?,19+,20?. The van der Waals surface area contributed by atoms with Gasteiger partial charge < -0.3 is 15.0 Å². The first-order chi connectivity index (χ1) is 12.0. The van der Waals surface area contributed by atoms with Gasteiger partial charge in [-0.15, -0.1) is 0 Å². The number of likely N-dealkylation sites (tertiary alicyclic amines) is 1. The summed E-state index contributed by atoms with van der Waals surface area (Å²) in [6.07, 6.45) is 3.39. The van der Waals surface area contributed by atoms with Crippen molar-refractivity contribution in [2.45, 2.75) is 43.6 Å². The number of piperidine rings is 1. The Morgan fingerprint density at radius 1 is 1.28 bits per heavy atom. The van der Waals surface area contributed by atoms with Gasteiger partial charge in [0.15, 0.2) is 0 Å². The number of nitrogens with zero attached hydrogens (tertiary/aromatic N) is 1. The van der Waals surface area contributed by atoms with E-state index in [2.05, 4.69) is 41.4 Å². The first-order valence-electron chi connectivity index (χ1n) is 9.31. The van der Waals surface area contributed by atoms with E-state index in [4.69, 9.17) is 4.74 Å². The van der Waals surface area contributed by atoms with E-state index in [0.717, 1.165) is 32.4 Å². The molecule has 0 radical (unpaired) electrons. The van der Waals surface area contributed by atoms with Crippen LogP contribution in [-0.4, -0.2) is 42.1 Å². The molecule has 2 saturated carbocycles. The molecule has 25 heavy (non-hydrogen) atoms. The number of ether oxygens (including phenoxy) is 1. The molecule has 1 spiro atoms. The Labute approximate surface area is 147 Å². The number of carbonyl (C=O) groups excluding carboxylic acids is 2. The summed E-state index contributed by atoms with van der Waals surface area (Å²) >= 11 is 0. The third-order valence-electron chi connectivity index (χ3n) is 6.96. The predicted molar refractivity (Wildman–Crippen MR) is 92.1 cm³/mol. The molecule has 5 rings (SSSR count). The van der Waals surface area contributed by atoms with E-state index in [1.165, 1.54) is 17.5 Å². The quantitative estimate of drug-likeness (QED) is 0.899.